The molecule has 0 bridgehead atoms. The molecular formula is C11H17N3O2. The first-order valence-corrected chi connectivity index (χ1v) is 5.64. The second-order valence-corrected chi connectivity index (χ2v) is 4.55. The van der Waals surface area contributed by atoms with Crippen molar-refractivity contribution in [2.24, 2.45) is 0 Å². The molecule has 88 valence electrons. The van der Waals surface area contributed by atoms with Gasteiger partial charge in [-0.2, -0.15) is 0 Å². The van der Waals surface area contributed by atoms with Crippen LogP contribution < -0.4 is 11.0 Å². The summed E-state index contributed by atoms with van der Waals surface area (Å²) in [5, 5.41) is 2.86. The minimum Gasteiger partial charge on any atom is -0.352 e. The Balaban J connectivity index is 2.03. The molecule has 0 unspecified atom stereocenters. The summed E-state index contributed by atoms with van der Waals surface area (Å²) in [6, 6.07) is 0.468. The largest absolute Gasteiger partial charge is 0.352 e. The first-order chi connectivity index (χ1) is 7.58. The van der Waals surface area contributed by atoms with Crippen LogP contribution in [0.1, 0.15) is 32.7 Å². The normalized spacial score (nSPS) is 15.4. The van der Waals surface area contributed by atoms with E-state index in [1.165, 1.54) is 4.57 Å². The third kappa shape index (κ3) is 2.35. The molecule has 1 amide bonds. The molecule has 1 aliphatic rings. The highest BCUT2D eigenvalue weighted by molar-refractivity contribution is 5.76. The molecule has 16 heavy (non-hydrogen) atoms. The quantitative estimate of drug-likeness (QED) is 0.808. The fraction of sp³-hybridized carbons (Fsp3) is 0.636. The number of nitrogens with zero attached hydrogens (tertiary/aromatic N) is 2. The van der Waals surface area contributed by atoms with Crippen molar-refractivity contribution in [3.8, 4) is 0 Å². The number of carbonyl (C=O) groups excluding carboxylic acids is 1. The summed E-state index contributed by atoms with van der Waals surface area (Å²) in [5.41, 5.74) is -0.124. The Bertz CT molecular complexity index is 440. The monoisotopic (exact) mass is 223 g/mol. The van der Waals surface area contributed by atoms with Gasteiger partial charge in [-0.15, -0.1) is 0 Å². The van der Waals surface area contributed by atoms with Gasteiger partial charge in [0.1, 0.15) is 6.54 Å². The summed E-state index contributed by atoms with van der Waals surface area (Å²) in [6.45, 7) is 4.00. The second kappa shape index (κ2) is 4.15. The zero-order chi connectivity index (χ0) is 11.7. The lowest BCUT2D eigenvalue weighted by Crippen LogP contribution is -2.34. The van der Waals surface area contributed by atoms with E-state index in [0.717, 1.165) is 12.8 Å². The molecular weight excluding hydrogens is 206 g/mol. The Morgan fingerprint density at radius 3 is 2.69 bits per heavy atom. The van der Waals surface area contributed by atoms with Crippen LogP contribution in [0.2, 0.25) is 0 Å². The van der Waals surface area contributed by atoms with Gasteiger partial charge >= 0.3 is 5.69 Å². The molecule has 1 fully saturated rings. The van der Waals surface area contributed by atoms with Gasteiger partial charge in [-0.25, -0.2) is 4.79 Å². The van der Waals surface area contributed by atoms with Crippen LogP contribution in [0.25, 0.3) is 0 Å². The number of rotatable bonds is 4. The third-order valence-electron chi connectivity index (χ3n) is 2.69. The summed E-state index contributed by atoms with van der Waals surface area (Å²) in [4.78, 5) is 23.3. The molecule has 0 spiro atoms. The van der Waals surface area contributed by atoms with Gasteiger partial charge in [-0.3, -0.25) is 13.9 Å². The molecule has 1 aliphatic carbocycles. The SMILES string of the molecule is CC(C)n1ccn(CC(=O)NC2CC2)c1=O. The van der Waals surface area contributed by atoms with E-state index in [0.29, 0.717) is 6.04 Å². The van der Waals surface area contributed by atoms with Crippen molar-refractivity contribution in [3.05, 3.63) is 22.9 Å². The molecule has 1 saturated carbocycles. The summed E-state index contributed by atoms with van der Waals surface area (Å²) in [5.74, 6) is -0.0777. The predicted octanol–water partition coefficient (Wildman–Crippen LogP) is 0.509. The smallest absolute Gasteiger partial charge is 0.328 e. The van der Waals surface area contributed by atoms with Crippen LogP contribution in [0.3, 0.4) is 0 Å². The summed E-state index contributed by atoms with van der Waals surface area (Å²) in [7, 11) is 0. The Labute approximate surface area is 94.1 Å². The number of nitrogens with one attached hydrogen (secondary N) is 1. The van der Waals surface area contributed by atoms with Gasteiger partial charge in [0, 0.05) is 24.5 Å². The number of amides is 1. The van der Waals surface area contributed by atoms with Gasteiger partial charge in [0.15, 0.2) is 0 Å². The average Bonchev–Trinajstić information content (AvgIpc) is 2.92. The molecule has 0 aliphatic heterocycles. The van der Waals surface area contributed by atoms with Crippen LogP contribution in [0.4, 0.5) is 0 Å². The van der Waals surface area contributed by atoms with Crippen LogP contribution in [0, 0.1) is 0 Å². The molecule has 0 radical (unpaired) electrons. The molecule has 1 aromatic heterocycles. The van der Waals surface area contributed by atoms with E-state index in [-0.39, 0.29) is 24.2 Å². The van der Waals surface area contributed by atoms with E-state index >= 15 is 0 Å². The van der Waals surface area contributed by atoms with Crippen LogP contribution in [-0.2, 0) is 11.3 Å². The number of hydrogen-bond donors (Lipinski definition) is 1. The summed E-state index contributed by atoms with van der Waals surface area (Å²) in [6.07, 6.45) is 5.51. The second-order valence-electron chi connectivity index (χ2n) is 4.55. The zero-order valence-electron chi connectivity index (χ0n) is 9.64. The maximum atomic E-state index is 11.8. The molecule has 5 nitrogen and oxygen atoms in total. The zero-order valence-corrected chi connectivity index (χ0v) is 9.64. The molecule has 2 rings (SSSR count). The molecule has 1 N–H and O–H groups in total. The van der Waals surface area contributed by atoms with Crippen LogP contribution in [0.15, 0.2) is 17.2 Å². The summed E-state index contributed by atoms with van der Waals surface area (Å²) < 4.78 is 3.06. The van der Waals surface area contributed by atoms with Crippen molar-refractivity contribution in [1.29, 1.82) is 0 Å². The summed E-state index contributed by atoms with van der Waals surface area (Å²) >= 11 is 0. The van der Waals surface area contributed by atoms with E-state index in [2.05, 4.69) is 5.32 Å². The third-order valence-corrected chi connectivity index (χ3v) is 2.69. The Morgan fingerprint density at radius 1 is 1.50 bits per heavy atom. The maximum Gasteiger partial charge on any atom is 0.328 e. The lowest BCUT2D eigenvalue weighted by molar-refractivity contribution is -0.121. The van der Waals surface area contributed by atoms with Crippen LogP contribution in [-0.4, -0.2) is 21.1 Å². The van der Waals surface area contributed by atoms with Crippen molar-refractivity contribution >= 4 is 5.91 Å². The van der Waals surface area contributed by atoms with Gasteiger partial charge in [-0.1, -0.05) is 0 Å². The van der Waals surface area contributed by atoms with E-state index in [1.807, 2.05) is 13.8 Å². The average molecular weight is 223 g/mol. The Morgan fingerprint density at radius 2 is 2.19 bits per heavy atom. The van der Waals surface area contributed by atoms with Gasteiger partial charge in [-0.05, 0) is 26.7 Å². The number of imidazole rings is 1. The minimum absolute atomic E-state index is 0.0777. The number of hydrogen-bond acceptors (Lipinski definition) is 2. The van der Waals surface area contributed by atoms with Crippen molar-refractivity contribution in [3.63, 3.8) is 0 Å². The predicted molar refractivity (Wildman–Crippen MR) is 60.2 cm³/mol. The fourth-order valence-corrected chi connectivity index (χ4v) is 1.60. The molecule has 0 aromatic carbocycles. The van der Waals surface area contributed by atoms with Crippen molar-refractivity contribution in [2.75, 3.05) is 0 Å². The first-order valence-electron chi connectivity index (χ1n) is 5.64. The topological polar surface area (TPSA) is 56.0 Å². The number of carbonyl (C=O) groups is 1. The van der Waals surface area contributed by atoms with Crippen molar-refractivity contribution < 1.29 is 4.79 Å². The molecule has 0 atom stereocenters. The Kier molecular flexibility index (Phi) is 2.85. The minimum atomic E-state index is -0.124. The number of aromatic nitrogens is 2. The molecule has 1 aromatic rings. The lowest BCUT2D eigenvalue weighted by atomic mass is 10.4. The van der Waals surface area contributed by atoms with E-state index in [4.69, 9.17) is 0 Å². The molecule has 0 saturated heterocycles. The van der Waals surface area contributed by atoms with E-state index < -0.39 is 0 Å². The van der Waals surface area contributed by atoms with E-state index in [9.17, 15) is 9.59 Å². The molecule has 1 heterocycles. The standard InChI is InChI=1S/C11H17N3O2/c1-8(2)14-6-5-13(11(14)16)7-10(15)12-9-3-4-9/h5-6,8-9H,3-4,7H2,1-2H3,(H,12,15). The first kappa shape index (κ1) is 11.0. The maximum absolute atomic E-state index is 11.8. The fourth-order valence-electron chi connectivity index (χ4n) is 1.60. The van der Waals surface area contributed by atoms with E-state index in [1.54, 1.807) is 17.0 Å². The molecule has 5 heteroatoms. The van der Waals surface area contributed by atoms with Crippen LogP contribution >= 0.6 is 0 Å². The lowest BCUT2D eigenvalue weighted by Gasteiger charge is -2.05. The highest BCUT2D eigenvalue weighted by Gasteiger charge is 2.23. The van der Waals surface area contributed by atoms with Gasteiger partial charge in [0.2, 0.25) is 5.91 Å². The highest BCUT2D eigenvalue weighted by atomic mass is 16.2. The van der Waals surface area contributed by atoms with Crippen molar-refractivity contribution in [1.82, 2.24) is 14.5 Å². The van der Waals surface area contributed by atoms with Gasteiger partial charge < -0.3 is 5.32 Å². The van der Waals surface area contributed by atoms with Gasteiger partial charge in [0.25, 0.3) is 0 Å². The van der Waals surface area contributed by atoms with Crippen molar-refractivity contribution in [2.45, 2.75) is 45.3 Å². The Hall–Kier alpha value is -1.52. The highest BCUT2D eigenvalue weighted by Crippen LogP contribution is 2.18. The van der Waals surface area contributed by atoms with Gasteiger partial charge in [0.05, 0.1) is 0 Å². The van der Waals surface area contributed by atoms with Crippen LogP contribution in [0.5, 0.6) is 0 Å².